The molecule has 2 N–H and O–H groups in total. The molecule has 4 heteroatoms. The van der Waals surface area contributed by atoms with Crippen molar-refractivity contribution in [3.63, 3.8) is 0 Å². The molecule has 0 aliphatic rings. The van der Waals surface area contributed by atoms with E-state index in [2.05, 4.69) is 37.1 Å². The van der Waals surface area contributed by atoms with Gasteiger partial charge in [0.05, 0.1) is 6.20 Å². The lowest BCUT2D eigenvalue weighted by molar-refractivity contribution is 0.766. The first-order valence-corrected chi connectivity index (χ1v) is 6.99. The van der Waals surface area contributed by atoms with Gasteiger partial charge in [-0.05, 0) is 25.0 Å². The molecule has 2 rings (SSSR count). The first kappa shape index (κ1) is 13.2. The molecule has 1 atom stereocenters. The van der Waals surface area contributed by atoms with Crippen molar-refractivity contribution in [2.24, 2.45) is 12.8 Å². The first-order valence-electron chi connectivity index (χ1n) is 6.00. The Labute approximate surface area is 112 Å². The van der Waals surface area contributed by atoms with E-state index in [4.69, 9.17) is 5.73 Å². The normalized spacial score (nSPS) is 12.7. The van der Waals surface area contributed by atoms with Gasteiger partial charge in [-0.2, -0.15) is 5.10 Å². The molecule has 1 aromatic carbocycles. The Morgan fingerprint density at radius 1 is 1.39 bits per heavy atom. The van der Waals surface area contributed by atoms with Gasteiger partial charge in [0.25, 0.3) is 0 Å². The molecule has 0 saturated heterocycles. The minimum Gasteiger partial charge on any atom is -0.323 e. The topological polar surface area (TPSA) is 43.8 Å². The fraction of sp³-hybridized carbons (Fsp3) is 0.357. The number of aromatic nitrogens is 2. The summed E-state index contributed by atoms with van der Waals surface area (Å²) in [5.41, 5.74) is 10.0. The van der Waals surface area contributed by atoms with Gasteiger partial charge in [-0.15, -0.1) is 11.8 Å². The van der Waals surface area contributed by atoms with E-state index in [0.29, 0.717) is 0 Å². The summed E-state index contributed by atoms with van der Waals surface area (Å²) in [6.07, 6.45) is 3.89. The summed E-state index contributed by atoms with van der Waals surface area (Å²) in [6.45, 7) is 4.23. The highest BCUT2D eigenvalue weighted by Crippen LogP contribution is 2.25. The smallest absolute Gasteiger partial charge is 0.0625 e. The van der Waals surface area contributed by atoms with Crippen molar-refractivity contribution in [1.82, 2.24) is 9.78 Å². The SMILES string of the molecule is Cc1ccc(C(N)CSc2cnn(C)c2)c(C)c1. The Kier molecular flexibility index (Phi) is 4.09. The van der Waals surface area contributed by atoms with Crippen molar-refractivity contribution < 1.29 is 0 Å². The molecule has 96 valence electrons. The molecule has 1 heterocycles. The van der Waals surface area contributed by atoms with E-state index in [0.717, 1.165) is 10.6 Å². The molecule has 0 amide bonds. The number of rotatable bonds is 4. The molecule has 18 heavy (non-hydrogen) atoms. The molecule has 1 unspecified atom stereocenters. The standard InChI is InChI=1S/C14H19N3S/c1-10-4-5-13(11(2)6-10)14(15)9-18-12-7-16-17(3)8-12/h4-8,14H,9,15H2,1-3H3. The molecule has 0 fully saturated rings. The third-order valence-electron chi connectivity index (χ3n) is 2.94. The number of thioether (sulfide) groups is 1. The van der Waals surface area contributed by atoms with Crippen LogP contribution in [-0.2, 0) is 7.05 Å². The van der Waals surface area contributed by atoms with Gasteiger partial charge >= 0.3 is 0 Å². The highest BCUT2D eigenvalue weighted by atomic mass is 32.2. The second-order valence-electron chi connectivity index (χ2n) is 4.63. The van der Waals surface area contributed by atoms with Crippen LogP contribution >= 0.6 is 11.8 Å². The van der Waals surface area contributed by atoms with Crippen molar-refractivity contribution in [3.8, 4) is 0 Å². The molecule has 2 aromatic rings. The van der Waals surface area contributed by atoms with Gasteiger partial charge in [0.1, 0.15) is 0 Å². The number of hydrogen-bond acceptors (Lipinski definition) is 3. The number of hydrogen-bond donors (Lipinski definition) is 1. The fourth-order valence-corrected chi connectivity index (χ4v) is 2.89. The second-order valence-corrected chi connectivity index (χ2v) is 5.72. The summed E-state index contributed by atoms with van der Waals surface area (Å²) >= 11 is 1.75. The van der Waals surface area contributed by atoms with Gasteiger partial charge in [-0.1, -0.05) is 23.8 Å². The number of nitrogens with zero attached hydrogens (tertiary/aromatic N) is 2. The van der Waals surface area contributed by atoms with Crippen LogP contribution in [0.1, 0.15) is 22.7 Å². The van der Waals surface area contributed by atoms with E-state index in [1.165, 1.54) is 16.7 Å². The van der Waals surface area contributed by atoms with Crippen LogP contribution < -0.4 is 5.73 Å². The van der Waals surface area contributed by atoms with E-state index >= 15 is 0 Å². The molecule has 0 bridgehead atoms. The summed E-state index contributed by atoms with van der Waals surface area (Å²) in [7, 11) is 1.92. The van der Waals surface area contributed by atoms with Gasteiger partial charge in [0, 0.05) is 29.9 Å². The lowest BCUT2D eigenvalue weighted by atomic mass is 10.0. The molecule has 3 nitrogen and oxygen atoms in total. The van der Waals surface area contributed by atoms with E-state index in [-0.39, 0.29) is 6.04 Å². The molecular formula is C14H19N3S. The number of nitrogens with two attached hydrogens (primary N) is 1. The average molecular weight is 261 g/mol. The maximum Gasteiger partial charge on any atom is 0.0625 e. The molecule has 0 aliphatic heterocycles. The Bertz CT molecular complexity index is 534. The van der Waals surface area contributed by atoms with Crippen LogP contribution in [0.4, 0.5) is 0 Å². The minimum atomic E-state index is 0.0656. The van der Waals surface area contributed by atoms with Crippen LogP contribution in [0.2, 0.25) is 0 Å². The van der Waals surface area contributed by atoms with Crippen LogP contribution in [-0.4, -0.2) is 15.5 Å². The zero-order valence-corrected chi connectivity index (χ0v) is 11.9. The highest BCUT2D eigenvalue weighted by molar-refractivity contribution is 7.99. The molecule has 0 saturated carbocycles. The van der Waals surface area contributed by atoms with Gasteiger partial charge in [-0.25, -0.2) is 0 Å². The zero-order chi connectivity index (χ0) is 13.1. The van der Waals surface area contributed by atoms with Crippen molar-refractivity contribution in [3.05, 3.63) is 47.3 Å². The number of aryl methyl sites for hydroxylation is 3. The fourth-order valence-electron chi connectivity index (χ4n) is 1.99. The predicted octanol–water partition coefficient (Wildman–Crippen LogP) is 2.83. The van der Waals surface area contributed by atoms with Crippen molar-refractivity contribution >= 4 is 11.8 Å². The maximum absolute atomic E-state index is 6.25. The number of benzene rings is 1. The quantitative estimate of drug-likeness (QED) is 0.861. The summed E-state index contributed by atoms with van der Waals surface area (Å²) in [6, 6.07) is 6.51. The first-order chi connectivity index (χ1) is 8.56. The predicted molar refractivity (Wildman–Crippen MR) is 76.8 cm³/mol. The summed E-state index contributed by atoms with van der Waals surface area (Å²) < 4.78 is 1.81. The lowest BCUT2D eigenvalue weighted by Gasteiger charge is -2.14. The Balaban J connectivity index is 2.01. The van der Waals surface area contributed by atoms with Crippen molar-refractivity contribution in [2.45, 2.75) is 24.8 Å². The zero-order valence-electron chi connectivity index (χ0n) is 11.1. The van der Waals surface area contributed by atoms with Crippen LogP contribution in [0.25, 0.3) is 0 Å². The van der Waals surface area contributed by atoms with E-state index in [9.17, 15) is 0 Å². The van der Waals surface area contributed by atoms with E-state index < -0.39 is 0 Å². The maximum atomic E-state index is 6.25. The van der Waals surface area contributed by atoms with Crippen LogP contribution in [0, 0.1) is 13.8 Å². The summed E-state index contributed by atoms with van der Waals surface area (Å²) in [5.74, 6) is 0.871. The Hall–Kier alpha value is -1.26. The van der Waals surface area contributed by atoms with E-state index in [1.807, 2.05) is 24.1 Å². The van der Waals surface area contributed by atoms with Crippen LogP contribution in [0.3, 0.4) is 0 Å². The van der Waals surface area contributed by atoms with Gasteiger partial charge in [0.2, 0.25) is 0 Å². The van der Waals surface area contributed by atoms with Gasteiger partial charge in [0.15, 0.2) is 0 Å². The van der Waals surface area contributed by atoms with Gasteiger partial charge in [-0.3, -0.25) is 4.68 Å². The third-order valence-corrected chi connectivity index (χ3v) is 4.01. The molecule has 1 aromatic heterocycles. The molecular weight excluding hydrogens is 242 g/mol. The third kappa shape index (κ3) is 3.15. The summed E-state index contributed by atoms with van der Waals surface area (Å²) in [5, 5.41) is 4.15. The van der Waals surface area contributed by atoms with Crippen molar-refractivity contribution in [2.75, 3.05) is 5.75 Å². The average Bonchev–Trinajstić information content (AvgIpc) is 2.72. The van der Waals surface area contributed by atoms with Crippen molar-refractivity contribution in [1.29, 1.82) is 0 Å². The molecule has 0 spiro atoms. The second kappa shape index (κ2) is 5.59. The summed E-state index contributed by atoms with van der Waals surface area (Å²) in [4.78, 5) is 1.16. The lowest BCUT2D eigenvalue weighted by Crippen LogP contribution is -2.14. The Morgan fingerprint density at radius 3 is 2.78 bits per heavy atom. The van der Waals surface area contributed by atoms with Crippen LogP contribution in [0.15, 0.2) is 35.5 Å². The monoisotopic (exact) mass is 261 g/mol. The molecule has 0 radical (unpaired) electrons. The highest BCUT2D eigenvalue weighted by Gasteiger charge is 2.10. The van der Waals surface area contributed by atoms with Crippen LogP contribution in [0.5, 0.6) is 0 Å². The van der Waals surface area contributed by atoms with Gasteiger partial charge < -0.3 is 5.73 Å². The Morgan fingerprint density at radius 2 is 2.17 bits per heavy atom. The van der Waals surface area contributed by atoms with E-state index in [1.54, 1.807) is 11.8 Å². The molecule has 0 aliphatic carbocycles. The minimum absolute atomic E-state index is 0.0656. The largest absolute Gasteiger partial charge is 0.323 e.